The van der Waals surface area contributed by atoms with Gasteiger partial charge in [-0.25, -0.2) is 0 Å². The summed E-state index contributed by atoms with van der Waals surface area (Å²) in [6.45, 7) is 3.11. The van der Waals surface area contributed by atoms with Crippen molar-refractivity contribution >= 4 is 11.6 Å². The highest BCUT2D eigenvalue weighted by Crippen LogP contribution is 2.20. The van der Waals surface area contributed by atoms with Crippen molar-refractivity contribution in [2.24, 2.45) is 7.05 Å². The third-order valence-corrected chi connectivity index (χ3v) is 2.92. The highest BCUT2D eigenvalue weighted by molar-refractivity contribution is 6.31. The van der Waals surface area contributed by atoms with Gasteiger partial charge in [0.2, 0.25) is 0 Å². The van der Waals surface area contributed by atoms with Crippen molar-refractivity contribution < 1.29 is 14.6 Å². The first-order chi connectivity index (χ1) is 8.06. The lowest BCUT2D eigenvalue weighted by atomic mass is 10.2. The minimum absolute atomic E-state index is 0.268. The topological polar surface area (TPSA) is 56.5 Å². The minimum Gasteiger partial charge on any atom is -0.390 e. The number of hydrogen-bond donors (Lipinski definition) is 1. The summed E-state index contributed by atoms with van der Waals surface area (Å²) in [4.78, 5) is 0. The number of hydrogen-bond acceptors (Lipinski definition) is 4. The maximum atomic E-state index is 9.79. The fourth-order valence-corrected chi connectivity index (χ4v) is 1.78. The lowest BCUT2D eigenvalue weighted by molar-refractivity contribution is 0.0131. The Kier molecular flexibility index (Phi) is 5.91. The number of halogens is 1. The largest absolute Gasteiger partial charge is 0.390 e. The quantitative estimate of drug-likeness (QED) is 0.744. The van der Waals surface area contributed by atoms with Gasteiger partial charge in [-0.1, -0.05) is 11.6 Å². The van der Waals surface area contributed by atoms with Crippen LogP contribution < -0.4 is 0 Å². The van der Waals surface area contributed by atoms with E-state index in [2.05, 4.69) is 5.10 Å². The van der Waals surface area contributed by atoms with Gasteiger partial charge in [0.15, 0.2) is 0 Å². The number of aromatic nitrogens is 2. The second-order valence-corrected chi connectivity index (χ2v) is 4.27. The Morgan fingerprint density at radius 1 is 1.47 bits per heavy atom. The van der Waals surface area contributed by atoms with Crippen molar-refractivity contribution in [1.29, 1.82) is 0 Å². The zero-order valence-corrected chi connectivity index (χ0v) is 11.2. The zero-order valence-electron chi connectivity index (χ0n) is 10.4. The Balaban J connectivity index is 2.42. The Bertz CT molecular complexity index is 355. The Hall–Kier alpha value is -0.620. The van der Waals surface area contributed by atoms with Gasteiger partial charge in [0.05, 0.1) is 42.3 Å². The van der Waals surface area contributed by atoms with Gasteiger partial charge >= 0.3 is 0 Å². The standard InChI is InChI=1S/C11H19ClN2O3/c1-8-11(12)10(14(2)13-8)6-9(15)7-17-5-4-16-3/h9,15H,4-7H2,1-3H3. The van der Waals surface area contributed by atoms with Crippen LogP contribution in [0.2, 0.25) is 5.02 Å². The number of aliphatic hydroxyl groups excluding tert-OH is 1. The van der Waals surface area contributed by atoms with Crippen LogP contribution in [-0.4, -0.2) is 47.9 Å². The van der Waals surface area contributed by atoms with Crippen molar-refractivity contribution in [2.75, 3.05) is 26.9 Å². The van der Waals surface area contributed by atoms with Gasteiger partial charge < -0.3 is 14.6 Å². The SMILES string of the molecule is COCCOCC(O)Cc1c(Cl)c(C)nn1C. The molecule has 1 aromatic rings. The van der Waals surface area contributed by atoms with E-state index in [0.29, 0.717) is 24.7 Å². The number of nitrogens with zero attached hydrogens (tertiary/aromatic N) is 2. The minimum atomic E-state index is -0.584. The molecule has 1 atom stereocenters. The Morgan fingerprint density at radius 2 is 2.18 bits per heavy atom. The molecule has 0 aromatic carbocycles. The summed E-state index contributed by atoms with van der Waals surface area (Å²) in [6, 6.07) is 0. The Morgan fingerprint density at radius 3 is 2.71 bits per heavy atom. The van der Waals surface area contributed by atoms with Gasteiger partial charge in [-0.15, -0.1) is 0 Å². The normalized spacial score (nSPS) is 13.0. The summed E-state index contributed by atoms with van der Waals surface area (Å²) < 4.78 is 11.8. The van der Waals surface area contributed by atoms with Crippen molar-refractivity contribution in [2.45, 2.75) is 19.4 Å². The summed E-state index contributed by atoms with van der Waals surface area (Å²) in [5, 5.41) is 14.6. The molecule has 6 heteroatoms. The Labute approximate surface area is 106 Å². The van der Waals surface area contributed by atoms with E-state index in [-0.39, 0.29) is 6.61 Å². The van der Waals surface area contributed by atoms with Crippen LogP contribution in [0, 0.1) is 6.92 Å². The van der Waals surface area contributed by atoms with Crippen molar-refractivity contribution in [3.05, 3.63) is 16.4 Å². The molecule has 1 heterocycles. The van der Waals surface area contributed by atoms with E-state index in [1.165, 1.54) is 0 Å². The average Bonchev–Trinajstić information content (AvgIpc) is 2.52. The van der Waals surface area contributed by atoms with Gasteiger partial charge in [-0.2, -0.15) is 5.10 Å². The molecule has 0 saturated carbocycles. The molecular weight excluding hydrogens is 244 g/mol. The first kappa shape index (κ1) is 14.4. The number of methoxy groups -OCH3 is 1. The summed E-state index contributed by atoms with van der Waals surface area (Å²) in [5.41, 5.74) is 1.60. The molecule has 0 radical (unpaired) electrons. The molecule has 0 aliphatic carbocycles. The predicted molar refractivity (Wildman–Crippen MR) is 65.4 cm³/mol. The fourth-order valence-electron chi connectivity index (χ4n) is 1.55. The summed E-state index contributed by atoms with van der Waals surface area (Å²) >= 11 is 6.09. The highest BCUT2D eigenvalue weighted by Gasteiger charge is 2.15. The lowest BCUT2D eigenvalue weighted by Crippen LogP contribution is -2.21. The highest BCUT2D eigenvalue weighted by atomic mass is 35.5. The van der Waals surface area contributed by atoms with Crippen LogP contribution >= 0.6 is 11.6 Å². The molecule has 0 aliphatic rings. The van der Waals surface area contributed by atoms with E-state index in [1.54, 1.807) is 11.8 Å². The van der Waals surface area contributed by atoms with Crippen LogP contribution in [0.3, 0.4) is 0 Å². The van der Waals surface area contributed by atoms with E-state index < -0.39 is 6.10 Å². The van der Waals surface area contributed by atoms with E-state index in [1.807, 2.05) is 14.0 Å². The van der Waals surface area contributed by atoms with Gasteiger partial charge in [0.1, 0.15) is 0 Å². The van der Waals surface area contributed by atoms with Crippen molar-refractivity contribution in [1.82, 2.24) is 9.78 Å². The van der Waals surface area contributed by atoms with Crippen LogP contribution in [0.4, 0.5) is 0 Å². The molecule has 17 heavy (non-hydrogen) atoms. The first-order valence-corrected chi connectivity index (χ1v) is 5.86. The average molecular weight is 263 g/mol. The second kappa shape index (κ2) is 6.96. The lowest BCUT2D eigenvalue weighted by Gasteiger charge is -2.11. The van der Waals surface area contributed by atoms with E-state index in [0.717, 1.165) is 11.4 Å². The predicted octanol–water partition coefficient (Wildman–Crippen LogP) is 0.948. The van der Waals surface area contributed by atoms with E-state index in [4.69, 9.17) is 21.1 Å². The molecule has 0 amide bonds. The maximum Gasteiger partial charge on any atom is 0.0847 e. The molecular formula is C11H19ClN2O3. The number of aliphatic hydroxyl groups is 1. The molecule has 1 aromatic heterocycles. The molecule has 0 fully saturated rings. The molecule has 0 aliphatic heterocycles. The molecule has 1 N–H and O–H groups in total. The smallest absolute Gasteiger partial charge is 0.0847 e. The van der Waals surface area contributed by atoms with Crippen molar-refractivity contribution in [3.8, 4) is 0 Å². The van der Waals surface area contributed by atoms with Gasteiger partial charge in [0, 0.05) is 20.6 Å². The number of rotatable bonds is 7. The molecule has 98 valence electrons. The van der Waals surface area contributed by atoms with Crippen LogP contribution in [0.5, 0.6) is 0 Å². The third kappa shape index (κ3) is 4.27. The van der Waals surface area contributed by atoms with Crippen LogP contribution in [0.25, 0.3) is 0 Å². The molecule has 0 bridgehead atoms. The van der Waals surface area contributed by atoms with Gasteiger partial charge in [0.25, 0.3) is 0 Å². The van der Waals surface area contributed by atoms with Crippen molar-refractivity contribution in [3.63, 3.8) is 0 Å². The van der Waals surface area contributed by atoms with Gasteiger partial charge in [-0.05, 0) is 6.92 Å². The van der Waals surface area contributed by atoms with Gasteiger partial charge in [-0.3, -0.25) is 4.68 Å². The van der Waals surface area contributed by atoms with E-state index >= 15 is 0 Å². The first-order valence-electron chi connectivity index (χ1n) is 5.49. The van der Waals surface area contributed by atoms with E-state index in [9.17, 15) is 5.11 Å². The number of aryl methyl sites for hydroxylation is 2. The zero-order chi connectivity index (χ0) is 12.8. The molecule has 0 spiro atoms. The van der Waals surface area contributed by atoms with Crippen LogP contribution in [-0.2, 0) is 22.9 Å². The van der Waals surface area contributed by atoms with Crippen LogP contribution in [0.15, 0.2) is 0 Å². The number of ether oxygens (including phenoxy) is 2. The molecule has 1 unspecified atom stereocenters. The monoisotopic (exact) mass is 262 g/mol. The third-order valence-electron chi connectivity index (χ3n) is 2.43. The molecule has 5 nitrogen and oxygen atoms in total. The summed E-state index contributed by atoms with van der Waals surface area (Å²) in [5.74, 6) is 0. The maximum absolute atomic E-state index is 9.79. The molecule has 0 saturated heterocycles. The van der Waals surface area contributed by atoms with Crippen LogP contribution in [0.1, 0.15) is 11.4 Å². The summed E-state index contributed by atoms with van der Waals surface area (Å²) in [6.07, 6.45) is -0.150. The fraction of sp³-hybridized carbons (Fsp3) is 0.727. The summed E-state index contributed by atoms with van der Waals surface area (Å²) in [7, 11) is 3.42. The molecule has 1 rings (SSSR count). The second-order valence-electron chi connectivity index (χ2n) is 3.90.